The van der Waals surface area contributed by atoms with Gasteiger partial charge in [0.15, 0.2) is 0 Å². The van der Waals surface area contributed by atoms with Crippen LogP contribution in [0.5, 0.6) is 0 Å². The Bertz CT molecular complexity index is 1280. The molecular weight excluding hydrogens is 481 g/mol. The molecule has 0 unspecified atom stereocenters. The molecule has 0 saturated carbocycles. The van der Waals surface area contributed by atoms with Crippen molar-refractivity contribution >= 4 is 5.90 Å². The van der Waals surface area contributed by atoms with Crippen LogP contribution >= 0.6 is 0 Å². The van der Waals surface area contributed by atoms with E-state index >= 15 is 0 Å². The Morgan fingerprint density at radius 2 is 1.84 bits per heavy atom. The van der Waals surface area contributed by atoms with Crippen LogP contribution in [0.15, 0.2) is 84.1 Å². The Morgan fingerprint density at radius 3 is 2.53 bits per heavy atom. The van der Waals surface area contributed by atoms with Gasteiger partial charge in [0, 0.05) is 49.7 Å². The highest BCUT2D eigenvalue weighted by atomic mass is 19.1. The number of rotatable bonds is 10. The van der Waals surface area contributed by atoms with E-state index in [1.165, 1.54) is 12.3 Å². The molecule has 200 valence electrons. The molecule has 0 spiro atoms. The van der Waals surface area contributed by atoms with Crippen LogP contribution in [0.25, 0.3) is 22.5 Å². The minimum Gasteiger partial charge on any atom is -0.481 e. The molecule has 1 aliphatic rings. The summed E-state index contributed by atoms with van der Waals surface area (Å²) < 4.78 is 27.1. The Labute approximate surface area is 224 Å². The van der Waals surface area contributed by atoms with Crippen molar-refractivity contribution < 1.29 is 13.9 Å². The summed E-state index contributed by atoms with van der Waals surface area (Å²) in [5.74, 6) is 0.340. The van der Waals surface area contributed by atoms with E-state index in [0.717, 1.165) is 54.4 Å². The van der Waals surface area contributed by atoms with Gasteiger partial charge in [0.05, 0.1) is 38.4 Å². The molecule has 0 bridgehead atoms. The van der Waals surface area contributed by atoms with Crippen LogP contribution < -0.4 is 0 Å². The van der Waals surface area contributed by atoms with Crippen LogP contribution in [-0.4, -0.2) is 72.1 Å². The second-order valence-electron chi connectivity index (χ2n) is 9.25. The summed E-state index contributed by atoms with van der Waals surface area (Å²) in [6.07, 6.45) is 3.41. The second kappa shape index (κ2) is 13.2. The van der Waals surface area contributed by atoms with Gasteiger partial charge in [-0.05, 0) is 49.2 Å². The number of benzene rings is 2. The maximum absolute atomic E-state index is 13.8. The smallest absolute Gasteiger partial charge is 0.214 e. The second-order valence-corrected chi connectivity index (χ2v) is 9.25. The van der Waals surface area contributed by atoms with Gasteiger partial charge in [0.1, 0.15) is 5.82 Å². The van der Waals surface area contributed by atoms with E-state index < -0.39 is 0 Å². The zero-order chi connectivity index (χ0) is 26.9. The fraction of sp³-hybridized carbons (Fsp3) is 0.333. The predicted molar refractivity (Wildman–Crippen MR) is 150 cm³/mol. The van der Waals surface area contributed by atoms with E-state index in [1.807, 2.05) is 35.0 Å². The first kappa shape index (κ1) is 27.3. The van der Waals surface area contributed by atoms with Crippen molar-refractivity contribution in [3.8, 4) is 22.5 Å². The fourth-order valence-electron chi connectivity index (χ4n) is 4.46. The van der Waals surface area contributed by atoms with Crippen LogP contribution in [-0.2, 0) is 16.0 Å². The first-order valence-electron chi connectivity index (χ1n) is 12.8. The van der Waals surface area contributed by atoms with Gasteiger partial charge in [-0.2, -0.15) is 5.10 Å². The van der Waals surface area contributed by atoms with Gasteiger partial charge in [-0.3, -0.25) is 9.58 Å². The zero-order valence-corrected chi connectivity index (χ0v) is 22.4. The first-order valence-corrected chi connectivity index (χ1v) is 12.8. The fourth-order valence-corrected chi connectivity index (χ4v) is 4.46. The maximum atomic E-state index is 13.8. The zero-order valence-electron chi connectivity index (χ0n) is 22.4. The van der Waals surface area contributed by atoms with Crippen LogP contribution in [0.4, 0.5) is 4.39 Å². The highest BCUT2D eigenvalue weighted by Crippen LogP contribution is 2.27. The lowest BCUT2D eigenvalue weighted by molar-refractivity contribution is 0.00399. The van der Waals surface area contributed by atoms with Crippen LogP contribution in [0.2, 0.25) is 0 Å². The van der Waals surface area contributed by atoms with Gasteiger partial charge in [0.25, 0.3) is 0 Å². The monoisotopic (exact) mass is 517 g/mol. The largest absolute Gasteiger partial charge is 0.481 e. The van der Waals surface area contributed by atoms with E-state index in [0.29, 0.717) is 31.3 Å². The number of methoxy groups -OCH3 is 1. The molecule has 7 nitrogen and oxygen atoms in total. The van der Waals surface area contributed by atoms with Crippen LogP contribution in [0, 0.1) is 12.7 Å². The topological polar surface area (TPSA) is 55.1 Å². The summed E-state index contributed by atoms with van der Waals surface area (Å²) in [5, 5.41) is 4.85. The van der Waals surface area contributed by atoms with Crippen LogP contribution in [0.3, 0.4) is 0 Å². The summed E-state index contributed by atoms with van der Waals surface area (Å²) >= 11 is 0. The number of allylic oxidation sites excluding steroid dienone is 1. The molecule has 3 aromatic rings. The number of hydrogen-bond donors (Lipinski definition) is 0. The Hall–Kier alpha value is -3.75. The summed E-state index contributed by atoms with van der Waals surface area (Å²) in [6.45, 7) is 12.8. The summed E-state index contributed by atoms with van der Waals surface area (Å²) in [4.78, 5) is 8.76. The average molecular weight is 518 g/mol. The number of aryl methyl sites for hydroxylation is 1. The molecule has 1 fully saturated rings. The highest BCUT2D eigenvalue weighted by Gasteiger charge is 2.18. The van der Waals surface area contributed by atoms with Crippen molar-refractivity contribution in [3.63, 3.8) is 0 Å². The normalized spacial score (nSPS) is 15.1. The average Bonchev–Trinajstić information content (AvgIpc) is 3.37. The minimum absolute atomic E-state index is 0.210. The number of piperazine rings is 1. The van der Waals surface area contributed by atoms with Gasteiger partial charge >= 0.3 is 0 Å². The number of nitrogens with zero attached hydrogens (tertiary/aromatic N) is 5. The lowest BCUT2D eigenvalue weighted by Crippen LogP contribution is -2.46. The number of hydrogen-bond acceptors (Lipinski definition) is 6. The van der Waals surface area contributed by atoms with Crippen molar-refractivity contribution in [2.24, 2.45) is 4.99 Å². The predicted octanol–water partition coefficient (Wildman–Crippen LogP) is 5.35. The molecule has 38 heavy (non-hydrogen) atoms. The standard InChI is InChI=1S/C30H36FN5O2/c1-5-32-30(37-4)20-24(3)35-15-13-34(14-16-35)22-38-18-17-36-29(25-9-7-6-8-10-25)21-28(33-36)26-11-12-27(31)23(2)19-26/h5-12,19-21H,1,13-18,22H2,2-4H3/b24-20+,32-30?. The van der Waals surface area contributed by atoms with Gasteiger partial charge < -0.3 is 14.4 Å². The molecule has 1 aromatic heterocycles. The number of ether oxygens (including phenoxy) is 2. The number of aliphatic imine (C=N–C) groups is 1. The molecule has 2 heterocycles. The third-order valence-electron chi connectivity index (χ3n) is 6.66. The third-order valence-corrected chi connectivity index (χ3v) is 6.66. The molecule has 0 radical (unpaired) electrons. The molecule has 0 atom stereocenters. The van der Waals surface area contributed by atoms with Crippen molar-refractivity contribution in [3.05, 3.63) is 90.5 Å². The van der Waals surface area contributed by atoms with Crippen molar-refractivity contribution in [1.82, 2.24) is 19.6 Å². The quantitative estimate of drug-likeness (QED) is 0.206. The summed E-state index contributed by atoms with van der Waals surface area (Å²) in [7, 11) is 1.61. The third kappa shape index (κ3) is 6.96. The Kier molecular flexibility index (Phi) is 9.46. The van der Waals surface area contributed by atoms with Crippen LogP contribution in [0.1, 0.15) is 12.5 Å². The van der Waals surface area contributed by atoms with E-state index in [1.54, 1.807) is 20.1 Å². The highest BCUT2D eigenvalue weighted by molar-refractivity contribution is 5.88. The SMILES string of the molecule is C=CN=C(/C=C(\C)N1CCN(COCCn2nc(-c3ccc(F)c(C)c3)cc2-c2ccccc2)CC1)OC. The van der Waals surface area contributed by atoms with Gasteiger partial charge in [-0.15, -0.1) is 0 Å². The summed E-state index contributed by atoms with van der Waals surface area (Å²) in [6, 6.07) is 17.4. The molecule has 0 N–H and O–H groups in total. The van der Waals surface area contributed by atoms with Gasteiger partial charge in [-0.25, -0.2) is 9.38 Å². The van der Waals surface area contributed by atoms with Gasteiger partial charge in [0.2, 0.25) is 5.90 Å². The molecule has 2 aromatic carbocycles. The molecule has 0 amide bonds. The van der Waals surface area contributed by atoms with E-state index in [-0.39, 0.29) is 5.82 Å². The maximum Gasteiger partial charge on any atom is 0.214 e. The van der Waals surface area contributed by atoms with E-state index in [4.69, 9.17) is 14.6 Å². The Morgan fingerprint density at radius 1 is 1.08 bits per heavy atom. The molecule has 1 aliphatic heterocycles. The number of halogens is 1. The molecule has 1 saturated heterocycles. The lowest BCUT2D eigenvalue weighted by Gasteiger charge is -2.36. The number of aromatic nitrogens is 2. The molecule has 8 heteroatoms. The van der Waals surface area contributed by atoms with E-state index in [2.05, 4.69) is 46.5 Å². The minimum atomic E-state index is -0.210. The Balaban J connectivity index is 1.34. The van der Waals surface area contributed by atoms with Crippen molar-refractivity contribution in [1.29, 1.82) is 0 Å². The molecule has 4 rings (SSSR count). The molecule has 0 aliphatic carbocycles. The summed E-state index contributed by atoms with van der Waals surface area (Å²) in [5.41, 5.74) is 5.54. The van der Waals surface area contributed by atoms with Crippen molar-refractivity contribution in [2.75, 3.05) is 46.6 Å². The van der Waals surface area contributed by atoms with Gasteiger partial charge in [-0.1, -0.05) is 36.9 Å². The lowest BCUT2D eigenvalue weighted by atomic mass is 10.1. The molecular formula is C30H36FN5O2. The van der Waals surface area contributed by atoms with E-state index in [9.17, 15) is 4.39 Å². The first-order chi connectivity index (χ1) is 18.5. The van der Waals surface area contributed by atoms with Crippen molar-refractivity contribution in [2.45, 2.75) is 20.4 Å².